The SMILES string of the molecule is Cc1nc2cc(C(=O)Nc3cccc(S(=O)(=O)N4CCN(C)CC4)c3)ccc2n1-c1ccccc1. The van der Waals surface area contributed by atoms with Crippen LogP contribution in [0.1, 0.15) is 16.2 Å². The number of rotatable bonds is 5. The van der Waals surface area contributed by atoms with Crippen LogP contribution in [0.2, 0.25) is 0 Å². The Morgan fingerprint density at radius 1 is 0.914 bits per heavy atom. The number of piperazine rings is 1. The van der Waals surface area contributed by atoms with Crippen molar-refractivity contribution in [3.8, 4) is 5.69 Å². The summed E-state index contributed by atoms with van der Waals surface area (Å²) in [6.45, 7) is 4.21. The van der Waals surface area contributed by atoms with Crippen LogP contribution < -0.4 is 5.32 Å². The largest absolute Gasteiger partial charge is 0.322 e. The van der Waals surface area contributed by atoms with Crippen molar-refractivity contribution in [1.82, 2.24) is 18.8 Å². The van der Waals surface area contributed by atoms with Gasteiger partial charge < -0.3 is 10.2 Å². The van der Waals surface area contributed by atoms with Crippen molar-refractivity contribution < 1.29 is 13.2 Å². The first-order valence-electron chi connectivity index (χ1n) is 11.5. The smallest absolute Gasteiger partial charge is 0.255 e. The first-order valence-corrected chi connectivity index (χ1v) is 12.9. The molecule has 0 atom stereocenters. The van der Waals surface area contributed by atoms with Crippen LogP contribution in [0.5, 0.6) is 0 Å². The van der Waals surface area contributed by atoms with Crippen molar-refractivity contribution in [2.45, 2.75) is 11.8 Å². The summed E-state index contributed by atoms with van der Waals surface area (Å²) in [4.78, 5) is 19.9. The third-order valence-electron chi connectivity index (χ3n) is 6.29. The molecule has 1 N–H and O–H groups in total. The van der Waals surface area contributed by atoms with Crippen molar-refractivity contribution in [3.63, 3.8) is 0 Å². The van der Waals surface area contributed by atoms with Gasteiger partial charge in [0.15, 0.2) is 0 Å². The quantitative estimate of drug-likeness (QED) is 0.464. The van der Waals surface area contributed by atoms with Crippen molar-refractivity contribution in [2.75, 3.05) is 38.5 Å². The molecule has 0 saturated carbocycles. The molecule has 1 saturated heterocycles. The maximum Gasteiger partial charge on any atom is 0.255 e. The summed E-state index contributed by atoms with van der Waals surface area (Å²) < 4.78 is 29.7. The molecule has 5 rings (SSSR count). The number of aryl methyl sites for hydroxylation is 1. The van der Waals surface area contributed by atoms with E-state index in [1.54, 1.807) is 30.3 Å². The van der Waals surface area contributed by atoms with Gasteiger partial charge in [-0.15, -0.1) is 0 Å². The van der Waals surface area contributed by atoms with Gasteiger partial charge in [0.05, 0.1) is 15.9 Å². The molecule has 9 heteroatoms. The van der Waals surface area contributed by atoms with Crippen LogP contribution in [0.25, 0.3) is 16.7 Å². The number of fused-ring (bicyclic) bond motifs is 1. The molecule has 1 aliphatic heterocycles. The van der Waals surface area contributed by atoms with Crippen LogP contribution in [0, 0.1) is 6.92 Å². The molecule has 8 nitrogen and oxygen atoms in total. The molecule has 35 heavy (non-hydrogen) atoms. The van der Waals surface area contributed by atoms with E-state index >= 15 is 0 Å². The zero-order valence-corrected chi connectivity index (χ0v) is 20.5. The summed E-state index contributed by atoms with van der Waals surface area (Å²) in [6.07, 6.45) is 0. The molecule has 2 heterocycles. The van der Waals surface area contributed by atoms with E-state index in [0.717, 1.165) is 17.0 Å². The van der Waals surface area contributed by atoms with E-state index in [1.165, 1.54) is 10.4 Å². The molecule has 0 spiro atoms. The maximum atomic E-state index is 13.1. The van der Waals surface area contributed by atoms with Crippen molar-refractivity contribution in [3.05, 3.63) is 84.2 Å². The van der Waals surface area contributed by atoms with Gasteiger partial charge in [0.1, 0.15) is 5.82 Å². The number of nitrogens with zero attached hydrogens (tertiary/aromatic N) is 4. The van der Waals surface area contributed by atoms with Gasteiger partial charge in [-0.3, -0.25) is 9.36 Å². The van der Waals surface area contributed by atoms with Gasteiger partial charge in [-0.1, -0.05) is 24.3 Å². The van der Waals surface area contributed by atoms with Gasteiger partial charge in [0.25, 0.3) is 5.91 Å². The molecular formula is C26H27N5O3S. The predicted octanol–water partition coefficient (Wildman–Crippen LogP) is 3.52. The molecule has 0 aliphatic carbocycles. The molecule has 1 amide bonds. The molecule has 180 valence electrons. The predicted molar refractivity (Wildman–Crippen MR) is 136 cm³/mol. The van der Waals surface area contributed by atoms with E-state index in [4.69, 9.17) is 0 Å². The molecule has 1 fully saturated rings. The summed E-state index contributed by atoms with van der Waals surface area (Å²) in [5.41, 5.74) is 3.50. The van der Waals surface area contributed by atoms with Crippen LogP contribution in [0.15, 0.2) is 77.7 Å². The zero-order chi connectivity index (χ0) is 24.6. The number of anilines is 1. The van der Waals surface area contributed by atoms with Gasteiger partial charge in [-0.2, -0.15) is 4.31 Å². The molecular weight excluding hydrogens is 462 g/mol. The fourth-order valence-electron chi connectivity index (χ4n) is 4.36. The molecule has 1 aromatic heterocycles. The zero-order valence-electron chi connectivity index (χ0n) is 19.7. The Bertz CT molecular complexity index is 1490. The minimum Gasteiger partial charge on any atom is -0.322 e. The highest BCUT2D eigenvalue weighted by Crippen LogP contribution is 2.24. The number of carbonyl (C=O) groups excluding carboxylic acids is 1. The van der Waals surface area contributed by atoms with Crippen LogP contribution in [0.4, 0.5) is 5.69 Å². The second kappa shape index (κ2) is 9.26. The number of imidazole rings is 1. The summed E-state index contributed by atoms with van der Waals surface area (Å²) in [5.74, 6) is 0.499. The van der Waals surface area contributed by atoms with Crippen molar-refractivity contribution in [1.29, 1.82) is 0 Å². The summed E-state index contributed by atoms with van der Waals surface area (Å²) in [5, 5.41) is 2.83. The number of hydrogen-bond donors (Lipinski definition) is 1. The lowest BCUT2D eigenvalue weighted by Crippen LogP contribution is -2.47. The maximum absolute atomic E-state index is 13.1. The minimum atomic E-state index is -3.62. The van der Waals surface area contributed by atoms with Crippen LogP contribution >= 0.6 is 0 Å². The Morgan fingerprint density at radius 2 is 1.66 bits per heavy atom. The highest BCUT2D eigenvalue weighted by molar-refractivity contribution is 7.89. The number of sulfonamides is 1. The molecule has 3 aromatic carbocycles. The van der Waals surface area contributed by atoms with Crippen LogP contribution in [-0.2, 0) is 10.0 Å². The summed E-state index contributed by atoms with van der Waals surface area (Å²) >= 11 is 0. The summed E-state index contributed by atoms with van der Waals surface area (Å²) in [6, 6.07) is 21.7. The number of aromatic nitrogens is 2. The van der Waals surface area contributed by atoms with Crippen LogP contribution in [0.3, 0.4) is 0 Å². The van der Waals surface area contributed by atoms with E-state index in [-0.39, 0.29) is 10.8 Å². The van der Waals surface area contributed by atoms with Crippen molar-refractivity contribution in [2.24, 2.45) is 0 Å². The number of amides is 1. The Labute approximate surface area is 204 Å². The van der Waals surface area contributed by atoms with E-state index in [9.17, 15) is 13.2 Å². The minimum absolute atomic E-state index is 0.174. The van der Waals surface area contributed by atoms with E-state index in [2.05, 4.69) is 15.2 Å². The third kappa shape index (κ3) is 4.58. The molecule has 1 aliphatic rings. The molecule has 0 bridgehead atoms. The van der Waals surface area contributed by atoms with Gasteiger partial charge in [0, 0.05) is 43.1 Å². The third-order valence-corrected chi connectivity index (χ3v) is 8.19. The second-order valence-electron chi connectivity index (χ2n) is 8.72. The topological polar surface area (TPSA) is 87.5 Å². The number of nitrogens with one attached hydrogen (secondary N) is 1. The first kappa shape index (κ1) is 23.2. The van der Waals surface area contributed by atoms with E-state index < -0.39 is 10.0 Å². The standard InChI is InChI=1S/C26H27N5O3S/c1-19-27-24-17-20(11-12-25(24)31(19)22-8-4-3-5-9-22)26(32)28-21-7-6-10-23(18-21)35(33,34)30-15-13-29(2)14-16-30/h3-12,17-18H,13-16H2,1-2H3,(H,28,32). The second-order valence-corrected chi connectivity index (χ2v) is 10.7. The Balaban J connectivity index is 1.38. The number of carbonyl (C=O) groups is 1. The lowest BCUT2D eigenvalue weighted by Gasteiger charge is -2.31. The highest BCUT2D eigenvalue weighted by Gasteiger charge is 2.27. The van der Waals surface area contributed by atoms with E-state index in [0.29, 0.717) is 42.9 Å². The average Bonchev–Trinajstić information content (AvgIpc) is 3.20. The Kier molecular flexibility index (Phi) is 6.14. The molecule has 0 radical (unpaired) electrons. The number of likely N-dealkylation sites (N-methyl/N-ethyl adjacent to an activating group) is 1. The fraction of sp³-hybridized carbons (Fsp3) is 0.231. The molecule has 4 aromatic rings. The fourth-order valence-corrected chi connectivity index (χ4v) is 5.83. The summed E-state index contributed by atoms with van der Waals surface area (Å²) in [7, 11) is -1.65. The Hall–Kier alpha value is -3.53. The van der Waals surface area contributed by atoms with E-state index in [1.807, 2.05) is 54.9 Å². The van der Waals surface area contributed by atoms with Gasteiger partial charge in [-0.25, -0.2) is 13.4 Å². The number of benzene rings is 3. The van der Waals surface area contributed by atoms with Crippen LogP contribution in [-0.4, -0.2) is 66.3 Å². The monoisotopic (exact) mass is 489 g/mol. The normalized spacial score (nSPS) is 15.4. The lowest BCUT2D eigenvalue weighted by atomic mass is 10.1. The van der Waals surface area contributed by atoms with Crippen molar-refractivity contribution >= 4 is 32.7 Å². The first-order chi connectivity index (χ1) is 16.8. The lowest BCUT2D eigenvalue weighted by molar-refractivity contribution is 0.102. The van der Waals surface area contributed by atoms with Gasteiger partial charge in [0.2, 0.25) is 10.0 Å². The highest BCUT2D eigenvalue weighted by atomic mass is 32.2. The van der Waals surface area contributed by atoms with Gasteiger partial charge >= 0.3 is 0 Å². The number of para-hydroxylation sites is 1. The number of hydrogen-bond acceptors (Lipinski definition) is 5. The molecule has 0 unspecified atom stereocenters. The van der Waals surface area contributed by atoms with Gasteiger partial charge in [-0.05, 0) is 62.5 Å². The Morgan fingerprint density at radius 3 is 2.40 bits per heavy atom. The average molecular weight is 490 g/mol.